The molecule has 2 aliphatic rings. The summed E-state index contributed by atoms with van der Waals surface area (Å²) in [5.41, 5.74) is 2.01. The van der Waals surface area contributed by atoms with Crippen LogP contribution in [0.2, 0.25) is 0 Å². The van der Waals surface area contributed by atoms with Crippen LogP contribution in [-0.2, 0) is 16.0 Å². The van der Waals surface area contributed by atoms with E-state index in [0.717, 1.165) is 37.2 Å². The van der Waals surface area contributed by atoms with Crippen LogP contribution in [0.15, 0.2) is 12.4 Å². The minimum Gasteiger partial charge on any atom is -0.377 e. The first kappa shape index (κ1) is 16.4. The van der Waals surface area contributed by atoms with Crippen molar-refractivity contribution >= 4 is 5.91 Å². The molecule has 1 aromatic heterocycles. The van der Waals surface area contributed by atoms with Crippen LogP contribution in [0.25, 0.3) is 0 Å². The van der Waals surface area contributed by atoms with Crippen molar-refractivity contribution in [2.24, 2.45) is 5.92 Å². The molecule has 2 fully saturated rings. The molecule has 23 heavy (non-hydrogen) atoms. The van der Waals surface area contributed by atoms with Crippen molar-refractivity contribution in [3.05, 3.63) is 23.8 Å². The molecule has 0 radical (unpaired) electrons. The van der Waals surface area contributed by atoms with Gasteiger partial charge in [0.05, 0.1) is 30.6 Å². The second-order valence-corrected chi connectivity index (χ2v) is 6.80. The molecule has 1 saturated heterocycles. The molecule has 1 amide bonds. The van der Waals surface area contributed by atoms with Crippen molar-refractivity contribution in [3.63, 3.8) is 0 Å². The van der Waals surface area contributed by atoms with Gasteiger partial charge < -0.3 is 9.64 Å². The molecule has 0 spiro atoms. The van der Waals surface area contributed by atoms with E-state index >= 15 is 0 Å². The molecule has 0 bridgehead atoms. The third kappa shape index (κ3) is 4.28. The zero-order valence-corrected chi connectivity index (χ0v) is 14.0. The molecule has 1 atom stereocenters. The highest BCUT2D eigenvalue weighted by atomic mass is 16.5. The largest absolute Gasteiger partial charge is 0.377 e. The molecule has 1 unspecified atom stereocenters. The fourth-order valence-electron chi connectivity index (χ4n) is 3.79. The number of aromatic nitrogens is 2. The van der Waals surface area contributed by atoms with Gasteiger partial charge in [-0.3, -0.25) is 14.8 Å². The maximum absolute atomic E-state index is 12.7. The lowest BCUT2D eigenvalue weighted by atomic mass is 10.0. The average Bonchev–Trinajstić information content (AvgIpc) is 3.07. The van der Waals surface area contributed by atoms with Crippen molar-refractivity contribution in [2.75, 3.05) is 19.8 Å². The Labute approximate surface area is 138 Å². The first-order valence-electron chi connectivity index (χ1n) is 8.87. The summed E-state index contributed by atoms with van der Waals surface area (Å²) in [7, 11) is 0. The quantitative estimate of drug-likeness (QED) is 0.837. The van der Waals surface area contributed by atoms with Gasteiger partial charge in [-0.2, -0.15) is 0 Å². The molecule has 0 aromatic carbocycles. The second-order valence-electron chi connectivity index (χ2n) is 6.80. The Hall–Kier alpha value is -1.49. The van der Waals surface area contributed by atoms with Crippen molar-refractivity contribution in [2.45, 2.75) is 57.9 Å². The number of rotatable bonds is 5. The number of carbonyl (C=O) groups excluding carboxylic acids is 1. The van der Waals surface area contributed by atoms with E-state index < -0.39 is 0 Å². The zero-order chi connectivity index (χ0) is 16.1. The molecule has 1 aliphatic carbocycles. The van der Waals surface area contributed by atoms with Crippen LogP contribution in [0.3, 0.4) is 0 Å². The van der Waals surface area contributed by atoms with Gasteiger partial charge in [-0.15, -0.1) is 0 Å². The Morgan fingerprint density at radius 3 is 2.87 bits per heavy atom. The molecule has 1 saturated carbocycles. The molecule has 2 heterocycles. The molecule has 0 N–H and O–H groups in total. The van der Waals surface area contributed by atoms with Crippen LogP contribution >= 0.6 is 0 Å². The molecule has 126 valence electrons. The topological polar surface area (TPSA) is 55.3 Å². The van der Waals surface area contributed by atoms with E-state index in [2.05, 4.69) is 14.9 Å². The minimum atomic E-state index is 0.180. The van der Waals surface area contributed by atoms with E-state index in [4.69, 9.17) is 4.74 Å². The zero-order valence-electron chi connectivity index (χ0n) is 14.0. The molecular weight excluding hydrogens is 290 g/mol. The highest BCUT2D eigenvalue weighted by molar-refractivity contribution is 5.77. The average molecular weight is 317 g/mol. The summed E-state index contributed by atoms with van der Waals surface area (Å²) in [5, 5.41) is 0. The van der Waals surface area contributed by atoms with Crippen LogP contribution in [0.5, 0.6) is 0 Å². The van der Waals surface area contributed by atoms with Gasteiger partial charge >= 0.3 is 0 Å². The number of hydrogen-bond acceptors (Lipinski definition) is 4. The van der Waals surface area contributed by atoms with Gasteiger partial charge in [0.15, 0.2) is 0 Å². The number of aryl methyl sites for hydroxylation is 2. The fraction of sp³-hybridized carbons (Fsp3) is 0.722. The highest BCUT2D eigenvalue weighted by Gasteiger charge is 2.29. The van der Waals surface area contributed by atoms with Gasteiger partial charge in [0.25, 0.3) is 0 Å². The Morgan fingerprint density at radius 2 is 2.09 bits per heavy atom. The van der Waals surface area contributed by atoms with Crippen molar-refractivity contribution in [1.29, 1.82) is 0 Å². The third-order valence-electron chi connectivity index (χ3n) is 5.18. The van der Waals surface area contributed by atoms with Gasteiger partial charge in [0, 0.05) is 25.4 Å². The molecule has 1 aliphatic heterocycles. The van der Waals surface area contributed by atoms with E-state index in [0.29, 0.717) is 25.0 Å². The number of amides is 1. The molecule has 1 aromatic rings. The summed E-state index contributed by atoms with van der Waals surface area (Å²) >= 11 is 0. The summed E-state index contributed by atoms with van der Waals surface area (Å²) in [6.45, 7) is 4.03. The SMILES string of the molecule is Cc1nccnc1CCC1COCCN1C(=O)CC1CCCC1. The number of nitrogens with zero attached hydrogens (tertiary/aromatic N) is 3. The van der Waals surface area contributed by atoms with Gasteiger partial charge in [-0.1, -0.05) is 12.8 Å². The summed E-state index contributed by atoms with van der Waals surface area (Å²) in [5.74, 6) is 0.925. The maximum atomic E-state index is 12.7. The smallest absolute Gasteiger partial charge is 0.223 e. The van der Waals surface area contributed by atoms with E-state index in [1.807, 2.05) is 6.92 Å². The Kier molecular flexibility index (Phi) is 5.60. The van der Waals surface area contributed by atoms with Gasteiger partial charge in [-0.05, 0) is 38.5 Å². The Morgan fingerprint density at radius 1 is 1.30 bits per heavy atom. The minimum absolute atomic E-state index is 0.180. The molecule has 3 rings (SSSR count). The predicted octanol–water partition coefficient (Wildman–Crippen LogP) is 2.53. The van der Waals surface area contributed by atoms with E-state index in [-0.39, 0.29) is 6.04 Å². The van der Waals surface area contributed by atoms with Crippen molar-refractivity contribution in [1.82, 2.24) is 14.9 Å². The number of ether oxygens (including phenoxy) is 1. The summed E-state index contributed by atoms with van der Waals surface area (Å²) < 4.78 is 5.62. The summed E-state index contributed by atoms with van der Waals surface area (Å²) in [6.07, 6.45) is 11.0. The number of hydrogen-bond donors (Lipinski definition) is 0. The second kappa shape index (κ2) is 7.86. The molecule has 5 nitrogen and oxygen atoms in total. The lowest BCUT2D eigenvalue weighted by Crippen LogP contribution is -2.49. The Bertz CT molecular complexity index is 529. The van der Waals surface area contributed by atoms with E-state index in [1.54, 1.807) is 12.4 Å². The van der Waals surface area contributed by atoms with Gasteiger partial charge in [-0.25, -0.2) is 0 Å². The predicted molar refractivity (Wildman–Crippen MR) is 88.0 cm³/mol. The van der Waals surface area contributed by atoms with Crippen LogP contribution in [0, 0.1) is 12.8 Å². The van der Waals surface area contributed by atoms with E-state index in [1.165, 1.54) is 25.7 Å². The van der Waals surface area contributed by atoms with Crippen molar-refractivity contribution in [3.8, 4) is 0 Å². The lowest BCUT2D eigenvalue weighted by molar-refractivity contribution is -0.141. The van der Waals surface area contributed by atoms with Gasteiger partial charge in [0.2, 0.25) is 5.91 Å². The molecule has 5 heteroatoms. The summed E-state index contributed by atoms with van der Waals surface area (Å²) in [6, 6.07) is 0.180. The molecular formula is C18H27N3O2. The third-order valence-corrected chi connectivity index (χ3v) is 5.18. The number of morpholine rings is 1. The van der Waals surface area contributed by atoms with Gasteiger partial charge in [0.1, 0.15) is 0 Å². The number of carbonyl (C=O) groups is 1. The first-order valence-corrected chi connectivity index (χ1v) is 8.87. The fourth-order valence-corrected chi connectivity index (χ4v) is 3.79. The van der Waals surface area contributed by atoms with Crippen LogP contribution < -0.4 is 0 Å². The maximum Gasteiger partial charge on any atom is 0.223 e. The lowest BCUT2D eigenvalue weighted by Gasteiger charge is -2.36. The monoisotopic (exact) mass is 317 g/mol. The van der Waals surface area contributed by atoms with Crippen LogP contribution in [-0.4, -0.2) is 46.6 Å². The first-order chi connectivity index (χ1) is 11.2. The standard InChI is InChI=1S/C18H27N3O2/c1-14-17(20-9-8-19-14)7-6-16-13-23-11-10-21(16)18(22)12-15-4-2-3-5-15/h8-9,15-16H,2-7,10-13H2,1H3. The van der Waals surface area contributed by atoms with E-state index in [9.17, 15) is 4.79 Å². The highest BCUT2D eigenvalue weighted by Crippen LogP contribution is 2.29. The van der Waals surface area contributed by atoms with Crippen molar-refractivity contribution < 1.29 is 9.53 Å². The van der Waals surface area contributed by atoms with Crippen LogP contribution in [0.4, 0.5) is 0 Å². The Balaban J connectivity index is 1.57. The summed E-state index contributed by atoms with van der Waals surface area (Å²) in [4.78, 5) is 23.4. The normalized spacial score (nSPS) is 22.5. The van der Waals surface area contributed by atoms with Crippen LogP contribution in [0.1, 0.15) is 49.9 Å².